The molecule has 0 aliphatic rings. The lowest BCUT2D eigenvalue weighted by molar-refractivity contribution is 0.435. The Morgan fingerprint density at radius 3 is 2.80 bits per heavy atom. The molecule has 0 saturated heterocycles. The maximum atomic E-state index is 13.1. The van der Waals surface area contributed by atoms with Gasteiger partial charge in [-0.15, -0.1) is 0 Å². The molecule has 1 aromatic carbocycles. The summed E-state index contributed by atoms with van der Waals surface area (Å²) in [6, 6.07) is 2.55. The lowest BCUT2D eigenvalue weighted by atomic mass is 10.2. The molecule has 0 amide bonds. The van der Waals surface area contributed by atoms with Gasteiger partial charge in [-0.25, -0.2) is 9.37 Å². The Bertz CT molecular complexity index is 604. The molecule has 1 aromatic heterocycles. The molecule has 4 nitrogen and oxygen atoms in total. The van der Waals surface area contributed by atoms with Crippen molar-refractivity contribution in [2.45, 2.75) is 6.92 Å². The number of aromatic hydroxyl groups is 1. The van der Waals surface area contributed by atoms with Gasteiger partial charge in [-0.3, -0.25) is 4.79 Å². The molecule has 15 heavy (non-hydrogen) atoms. The molecule has 78 valence electrons. The van der Waals surface area contributed by atoms with E-state index in [0.717, 1.165) is 6.07 Å². The number of benzene rings is 1. The van der Waals surface area contributed by atoms with Gasteiger partial charge >= 0.3 is 0 Å². The van der Waals surface area contributed by atoms with Gasteiger partial charge in [0.15, 0.2) is 11.6 Å². The molecule has 0 radical (unpaired) electrons. The van der Waals surface area contributed by atoms with Crippen LogP contribution in [0.2, 0.25) is 0 Å². The third-order valence-electron chi connectivity index (χ3n) is 2.32. The molecule has 0 atom stereocenters. The van der Waals surface area contributed by atoms with Crippen LogP contribution in [0.1, 0.15) is 5.69 Å². The van der Waals surface area contributed by atoms with E-state index in [0.29, 0.717) is 11.2 Å². The van der Waals surface area contributed by atoms with Gasteiger partial charge in [-0.05, 0) is 19.1 Å². The zero-order valence-electron chi connectivity index (χ0n) is 8.28. The van der Waals surface area contributed by atoms with Gasteiger partial charge < -0.3 is 9.67 Å². The van der Waals surface area contributed by atoms with Gasteiger partial charge in [0.2, 0.25) is 0 Å². The van der Waals surface area contributed by atoms with E-state index in [9.17, 15) is 14.3 Å². The predicted octanol–water partition coefficient (Wildman–Crippen LogP) is 1.09. The number of rotatable bonds is 0. The summed E-state index contributed by atoms with van der Waals surface area (Å²) >= 11 is 0. The van der Waals surface area contributed by atoms with E-state index in [1.807, 2.05) is 0 Å². The van der Waals surface area contributed by atoms with Crippen LogP contribution in [0.4, 0.5) is 4.39 Å². The third-order valence-corrected chi connectivity index (χ3v) is 2.32. The second-order valence-electron chi connectivity index (χ2n) is 3.33. The molecular formula is C10H9FN2O2. The molecule has 0 spiro atoms. The smallest absolute Gasteiger partial charge is 0.272 e. The van der Waals surface area contributed by atoms with Crippen molar-refractivity contribution in [2.75, 3.05) is 0 Å². The predicted molar refractivity (Wildman–Crippen MR) is 53.3 cm³/mol. The number of aryl methyl sites for hydroxylation is 2. The molecule has 0 saturated carbocycles. The van der Waals surface area contributed by atoms with Crippen molar-refractivity contribution in [3.63, 3.8) is 0 Å². The Balaban J connectivity index is 3.07. The molecule has 2 rings (SSSR count). The molecule has 0 fully saturated rings. The van der Waals surface area contributed by atoms with Crippen molar-refractivity contribution in [1.82, 2.24) is 9.55 Å². The second kappa shape index (κ2) is 3.05. The second-order valence-corrected chi connectivity index (χ2v) is 3.33. The van der Waals surface area contributed by atoms with Crippen molar-refractivity contribution in [3.05, 3.63) is 34.0 Å². The summed E-state index contributed by atoms with van der Waals surface area (Å²) < 4.78 is 14.3. The highest BCUT2D eigenvalue weighted by Crippen LogP contribution is 2.24. The molecule has 2 aromatic rings. The Labute approximate surface area is 84.6 Å². The first kappa shape index (κ1) is 9.64. The zero-order valence-corrected chi connectivity index (χ0v) is 8.28. The van der Waals surface area contributed by atoms with Crippen LogP contribution in [0.15, 0.2) is 16.9 Å². The fraction of sp³-hybridized carbons (Fsp3) is 0.200. The van der Waals surface area contributed by atoms with Crippen LogP contribution in [0.25, 0.3) is 11.0 Å². The largest absolute Gasteiger partial charge is 0.503 e. The van der Waals surface area contributed by atoms with E-state index in [-0.39, 0.29) is 11.1 Å². The first-order valence-corrected chi connectivity index (χ1v) is 4.37. The summed E-state index contributed by atoms with van der Waals surface area (Å²) in [4.78, 5) is 15.5. The quantitative estimate of drug-likeness (QED) is 0.705. The van der Waals surface area contributed by atoms with Crippen molar-refractivity contribution in [3.8, 4) is 5.75 Å². The van der Waals surface area contributed by atoms with E-state index >= 15 is 0 Å². The summed E-state index contributed by atoms with van der Waals surface area (Å²) in [6.07, 6.45) is 0. The number of nitrogens with zero attached hydrogens (tertiary/aromatic N) is 2. The summed E-state index contributed by atoms with van der Waals surface area (Å²) in [5.74, 6) is -1.30. The SMILES string of the molecule is Cc1nc2ccc(F)c(O)c2n(C)c1=O. The van der Waals surface area contributed by atoms with Crippen molar-refractivity contribution in [1.29, 1.82) is 0 Å². The topological polar surface area (TPSA) is 55.1 Å². The number of hydrogen-bond donors (Lipinski definition) is 1. The van der Waals surface area contributed by atoms with Crippen LogP contribution in [-0.2, 0) is 7.05 Å². The summed E-state index contributed by atoms with van der Waals surface area (Å²) in [7, 11) is 1.47. The highest BCUT2D eigenvalue weighted by molar-refractivity contribution is 5.81. The molecule has 1 heterocycles. The van der Waals surface area contributed by atoms with E-state index in [4.69, 9.17) is 0 Å². The van der Waals surface area contributed by atoms with E-state index in [1.165, 1.54) is 17.7 Å². The average Bonchev–Trinajstić information content (AvgIpc) is 2.20. The Hall–Kier alpha value is -1.91. The fourth-order valence-corrected chi connectivity index (χ4v) is 1.54. The number of hydrogen-bond acceptors (Lipinski definition) is 3. The van der Waals surface area contributed by atoms with Gasteiger partial charge in [0.1, 0.15) is 11.2 Å². The molecule has 0 bridgehead atoms. The van der Waals surface area contributed by atoms with E-state index in [2.05, 4.69) is 4.98 Å². The number of fused-ring (bicyclic) bond motifs is 1. The van der Waals surface area contributed by atoms with E-state index < -0.39 is 11.6 Å². The first-order chi connectivity index (χ1) is 7.02. The van der Waals surface area contributed by atoms with Gasteiger partial charge in [-0.2, -0.15) is 0 Å². The van der Waals surface area contributed by atoms with Crippen LogP contribution in [0, 0.1) is 12.7 Å². The summed E-state index contributed by atoms with van der Waals surface area (Å²) in [6.45, 7) is 1.57. The fourth-order valence-electron chi connectivity index (χ4n) is 1.54. The minimum atomic E-state index is -0.761. The lowest BCUT2D eigenvalue weighted by Gasteiger charge is -2.07. The van der Waals surface area contributed by atoms with Gasteiger partial charge in [0, 0.05) is 7.05 Å². The van der Waals surface area contributed by atoms with Crippen LogP contribution in [-0.4, -0.2) is 14.7 Å². The van der Waals surface area contributed by atoms with Gasteiger partial charge in [-0.1, -0.05) is 0 Å². The average molecular weight is 208 g/mol. The molecule has 0 unspecified atom stereocenters. The third kappa shape index (κ3) is 1.27. The van der Waals surface area contributed by atoms with Crippen LogP contribution < -0.4 is 5.56 Å². The van der Waals surface area contributed by atoms with Crippen LogP contribution in [0.5, 0.6) is 5.75 Å². The lowest BCUT2D eigenvalue weighted by Crippen LogP contribution is -2.21. The number of phenolic OH excluding ortho intramolecular Hbond substituents is 1. The minimum absolute atomic E-state index is 0.116. The maximum Gasteiger partial charge on any atom is 0.272 e. The normalized spacial score (nSPS) is 10.9. The highest BCUT2D eigenvalue weighted by atomic mass is 19.1. The molecule has 5 heteroatoms. The van der Waals surface area contributed by atoms with Crippen LogP contribution >= 0.6 is 0 Å². The zero-order chi connectivity index (χ0) is 11.2. The number of halogens is 1. The summed E-state index contributed by atoms with van der Waals surface area (Å²) in [5, 5.41) is 9.48. The van der Waals surface area contributed by atoms with Crippen LogP contribution in [0.3, 0.4) is 0 Å². The molecule has 0 aliphatic carbocycles. The Morgan fingerprint density at radius 2 is 2.13 bits per heavy atom. The number of phenols is 1. The monoisotopic (exact) mass is 208 g/mol. The molecular weight excluding hydrogens is 199 g/mol. The first-order valence-electron chi connectivity index (χ1n) is 4.37. The van der Waals surface area contributed by atoms with Crippen molar-refractivity contribution in [2.24, 2.45) is 7.05 Å². The standard InChI is InChI=1S/C10H9FN2O2/c1-5-10(15)13(2)8-7(12-5)4-3-6(11)9(8)14/h3-4,14H,1-2H3. The van der Waals surface area contributed by atoms with Crippen molar-refractivity contribution < 1.29 is 9.50 Å². The molecule has 1 N–H and O–H groups in total. The van der Waals surface area contributed by atoms with E-state index in [1.54, 1.807) is 6.92 Å². The maximum absolute atomic E-state index is 13.1. The Kier molecular flexibility index (Phi) is 1.96. The van der Waals surface area contributed by atoms with Crippen molar-refractivity contribution >= 4 is 11.0 Å². The number of aromatic nitrogens is 2. The minimum Gasteiger partial charge on any atom is -0.503 e. The highest BCUT2D eigenvalue weighted by Gasteiger charge is 2.12. The van der Waals surface area contributed by atoms with Gasteiger partial charge in [0.05, 0.1) is 5.52 Å². The molecule has 0 aliphatic heterocycles. The Morgan fingerprint density at radius 1 is 1.47 bits per heavy atom. The summed E-state index contributed by atoms with van der Waals surface area (Å²) in [5.41, 5.74) is 0.485. The van der Waals surface area contributed by atoms with Gasteiger partial charge in [0.25, 0.3) is 5.56 Å².